The van der Waals surface area contributed by atoms with Crippen LogP contribution < -0.4 is 10.6 Å². The molecular weight excluding hydrogens is 346 g/mol. The van der Waals surface area contributed by atoms with Gasteiger partial charge in [-0.25, -0.2) is 4.98 Å². The molecule has 0 aliphatic heterocycles. The molecule has 1 heterocycles. The summed E-state index contributed by atoms with van der Waals surface area (Å²) < 4.78 is 0. The van der Waals surface area contributed by atoms with Crippen LogP contribution in [-0.2, 0) is 0 Å². The number of thiocarbonyl (C=S) groups is 1. The third kappa shape index (κ3) is 4.83. The van der Waals surface area contributed by atoms with Crippen molar-refractivity contribution in [1.82, 2.24) is 10.3 Å². The maximum absolute atomic E-state index is 5.93. The highest BCUT2D eigenvalue weighted by Crippen LogP contribution is 2.32. The first-order valence-electron chi connectivity index (χ1n) is 7.67. The Kier molecular flexibility index (Phi) is 5.75. The van der Waals surface area contributed by atoms with Gasteiger partial charge in [-0.2, -0.15) is 0 Å². The van der Waals surface area contributed by atoms with Crippen molar-refractivity contribution in [2.24, 2.45) is 0 Å². The number of halogens is 1. The van der Waals surface area contributed by atoms with Gasteiger partial charge in [0, 0.05) is 22.2 Å². The van der Waals surface area contributed by atoms with Crippen molar-refractivity contribution in [3.8, 4) is 0 Å². The second kappa shape index (κ2) is 7.99. The molecule has 1 aliphatic carbocycles. The van der Waals surface area contributed by atoms with E-state index in [-0.39, 0.29) is 0 Å². The van der Waals surface area contributed by atoms with E-state index in [1.54, 1.807) is 18.0 Å². The minimum Gasteiger partial charge on any atom is -0.360 e. The summed E-state index contributed by atoms with van der Waals surface area (Å²) in [7, 11) is 0. The number of nitrogens with zero attached hydrogens (tertiary/aromatic N) is 1. The monoisotopic (exact) mass is 363 g/mol. The van der Waals surface area contributed by atoms with Gasteiger partial charge in [-0.05, 0) is 61.5 Å². The summed E-state index contributed by atoms with van der Waals surface area (Å²) >= 11 is 13.0. The van der Waals surface area contributed by atoms with Crippen LogP contribution >= 0.6 is 35.6 Å². The minimum atomic E-state index is 0.499. The number of aromatic nitrogens is 1. The van der Waals surface area contributed by atoms with E-state index < -0.39 is 0 Å². The normalized spacial score (nSPS) is 14.7. The lowest BCUT2D eigenvalue weighted by Crippen LogP contribution is -2.36. The Morgan fingerprint density at radius 1 is 1.17 bits per heavy atom. The maximum Gasteiger partial charge on any atom is 0.171 e. The van der Waals surface area contributed by atoms with Crippen LogP contribution in [0.1, 0.15) is 25.7 Å². The van der Waals surface area contributed by atoms with E-state index in [4.69, 9.17) is 23.8 Å². The quantitative estimate of drug-likeness (QED) is 0.738. The van der Waals surface area contributed by atoms with Crippen molar-refractivity contribution in [2.45, 2.75) is 41.6 Å². The zero-order chi connectivity index (χ0) is 16.1. The molecule has 3 nitrogen and oxygen atoms in total. The van der Waals surface area contributed by atoms with Crippen LogP contribution in [0.4, 0.5) is 5.69 Å². The van der Waals surface area contributed by atoms with E-state index in [1.807, 2.05) is 36.4 Å². The molecule has 120 valence electrons. The summed E-state index contributed by atoms with van der Waals surface area (Å²) in [6, 6.07) is 12.1. The summed E-state index contributed by atoms with van der Waals surface area (Å²) in [5.41, 5.74) is 0.919. The van der Waals surface area contributed by atoms with E-state index in [2.05, 4.69) is 15.6 Å². The molecule has 0 saturated heterocycles. The van der Waals surface area contributed by atoms with Gasteiger partial charge in [0.15, 0.2) is 5.11 Å². The van der Waals surface area contributed by atoms with Crippen molar-refractivity contribution in [1.29, 1.82) is 0 Å². The van der Waals surface area contributed by atoms with Crippen LogP contribution in [0.25, 0.3) is 0 Å². The number of pyridine rings is 1. The zero-order valence-corrected chi connectivity index (χ0v) is 15.0. The third-order valence-corrected chi connectivity index (χ3v) is 5.24. The van der Waals surface area contributed by atoms with Gasteiger partial charge < -0.3 is 10.6 Å². The molecule has 23 heavy (non-hydrogen) atoms. The Morgan fingerprint density at radius 2 is 1.91 bits per heavy atom. The Labute approximate surface area is 151 Å². The number of hydrogen-bond donors (Lipinski definition) is 2. The predicted octanol–water partition coefficient (Wildman–Crippen LogP) is 5.12. The van der Waals surface area contributed by atoms with Crippen LogP contribution in [0.5, 0.6) is 0 Å². The average Bonchev–Trinajstić information content (AvgIpc) is 3.04. The largest absolute Gasteiger partial charge is 0.360 e. The number of anilines is 1. The lowest BCUT2D eigenvalue weighted by Gasteiger charge is -2.17. The van der Waals surface area contributed by atoms with Crippen molar-refractivity contribution in [2.75, 3.05) is 5.32 Å². The van der Waals surface area contributed by atoms with Crippen LogP contribution in [-0.4, -0.2) is 16.1 Å². The SMILES string of the molecule is S=C(Nc1cccnc1Sc1ccc(Cl)cc1)NC1CCCC1. The number of nitrogens with one attached hydrogen (secondary N) is 2. The molecule has 0 bridgehead atoms. The molecule has 3 rings (SSSR count). The van der Waals surface area contributed by atoms with E-state index in [0.717, 1.165) is 20.6 Å². The molecule has 0 atom stereocenters. The highest BCUT2D eigenvalue weighted by molar-refractivity contribution is 7.99. The molecule has 2 N–H and O–H groups in total. The van der Waals surface area contributed by atoms with Gasteiger partial charge in [0.05, 0.1) is 5.69 Å². The molecule has 2 aromatic rings. The number of hydrogen-bond acceptors (Lipinski definition) is 3. The van der Waals surface area contributed by atoms with Gasteiger partial charge >= 0.3 is 0 Å². The number of benzene rings is 1. The van der Waals surface area contributed by atoms with Crippen molar-refractivity contribution in [3.05, 3.63) is 47.6 Å². The minimum absolute atomic E-state index is 0.499. The van der Waals surface area contributed by atoms with Gasteiger partial charge in [-0.1, -0.05) is 36.2 Å². The Balaban J connectivity index is 1.67. The Morgan fingerprint density at radius 3 is 2.65 bits per heavy atom. The van der Waals surface area contributed by atoms with Crippen LogP contribution in [0.2, 0.25) is 5.02 Å². The lowest BCUT2D eigenvalue weighted by atomic mass is 10.3. The van der Waals surface area contributed by atoms with Crippen molar-refractivity contribution in [3.63, 3.8) is 0 Å². The van der Waals surface area contributed by atoms with E-state index in [0.29, 0.717) is 11.2 Å². The highest BCUT2D eigenvalue weighted by Gasteiger charge is 2.16. The van der Waals surface area contributed by atoms with Gasteiger partial charge in [-0.15, -0.1) is 0 Å². The molecule has 0 spiro atoms. The molecule has 6 heteroatoms. The second-order valence-electron chi connectivity index (χ2n) is 5.49. The highest BCUT2D eigenvalue weighted by atomic mass is 35.5. The molecule has 1 saturated carbocycles. The molecule has 1 aromatic heterocycles. The van der Waals surface area contributed by atoms with Crippen LogP contribution in [0, 0.1) is 0 Å². The fourth-order valence-corrected chi connectivity index (χ4v) is 3.84. The first kappa shape index (κ1) is 16.6. The fourth-order valence-electron chi connectivity index (χ4n) is 2.60. The maximum atomic E-state index is 5.93. The molecule has 1 fully saturated rings. The summed E-state index contributed by atoms with van der Waals surface area (Å²) in [6.45, 7) is 0. The summed E-state index contributed by atoms with van der Waals surface area (Å²) in [6.07, 6.45) is 6.75. The smallest absolute Gasteiger partial charge is 0.171 e. The second-order valence-corrected chi connectivity index (χ2v) is 7.40. The predicted molar refractivity (Wildman–Crippen MR) is 101 cm³/mol. The van der Waals surface area contributed by atoms with Gasteiger partial charge in [0.25, 0.3) is 0 Å². The molecular formula is C17H18ClN3S2. The van der Waals surface area contributed by atoms with Gasteiger partial charge in [0.1, 0.15) is 5.03 Å². The summed E-state index contributed by atoms with van der Waals surface area (Å²) in [5.74, 6) is 0. The summed E-state index contributed by atoms with van der Waals surface area (Å²) in [5, 5.41) is 8.97. The lowest BCUT2D eigenvalue weighted by molar-refractivity contribution is 0.634. The zero-order valence-electron chi connectivity index (χ0n) is 12.6. The fraction of sp³-hybridized carbons (Fsp3) is 0.294. The van der Waals surface area contributed by atoms with Gasteiger partial charge in [-0.3, -0.25) is 0 Å². The number of rotatable bonds is 4. The Bertz CT molecular complexity index is 670. The molecule has 1 aromatic carbocycles. The summed E-state index contributed by atoms with van der Waals surface area (Å²) in [4.78, 5) is 5.55. The van der Waals surface area contributed by atoms with E-state index in [1.165, 1.54) is 25.7 Å². The van der Waals surface area contributed by atoms with Crippen LogP contribution in [0.15, 0.2) is 52.5 Å². The first-order chi connectivity index (χ1) is 11.2. The molecule has 0 radical (unpaired) electrons. The van der Waals surface area contributed by atoms with Crippen molar-refractivity contribution >= 4 is 46.4 Å². The standard InChI is InChI=1S/C17H18ClN3S2/c18-12-7-9-14(10-8-12)23-16-15(6-3-11-19-16)21-17(22)20-13-4-1-2-5-13/h3,6-11,13H,1-2,4-5H2,(H2,20,21,22). The molecule has 0 amide bonds. The third-order valence-electron chi connectivity index (χ3n) is 3.74. The van der Waals surface area contributed by atoms with E-state index in [9.17, 15) is 0 Å². The van der Waals surface area contributed by atoms with Crippen molar-refractivity contribution < 1.29 is 0 Å². The first-order valence-corrected chi connectivity index (χ1v) is 9.27. The van der Waals surface area contributed by atoms with Crippen LogP contribution in [0.3, 0.4) is 0 Å². The average molecular weight is 364 g/mol. The molecule has 0 unspecified atom stereocenters. The Hall–Kier alpha value is -1.30. The molecule has 1 aliphatic rings. The topological polar surface area (TPSA) is 37.0 Å². The van der Waals surface area contributed by atoms with E-state index >= 15 is 0 Å². The van der Waals surface area contributed by atoms with Gasteiger partial charge in [0.2, 0.25) is 0 Å².